The number of likely N-dealkylation sites (N-methyl/N-ethyl adjacent to an activating group) is 2. The van der Waals surface area contributed by atoms with Crippen molar-refractivity contribution < 1.29 is 19.1 Å². The zero-order valence-corrected chi connectivity index (χ0v) is 21.5. The summed E-state index contributed by atoms with van der Waals surface area (Å²) >= 11 is 6.03. The standard InChI is InChI=1S/C27H29ClN2O4.ClH/c1-29-15-16-30(2)27(33)34-26-23(24(31)21-5-3-4-6-22(21)25(26)32)19-9-7-17(8-10-19)18-11-13-20(28)14-12-18;/h3-6,11-14,17,19,29H,7-10,15-16H2,1-2H3;1H. The molecule has 0 heterocycles. The van der Waals surface area contributed by atoms with E-state index in [0.717, 1.165) is 25.7 Å². The Kier molecular flexibility index (Phi) is 9.11. The molecule has 0 aliphatic heterocycles. The summed E-state index contributed by atoms with van der Waals surface area (Å²) in [6, 6.07) is 14.6. The molecule has 1 N–H and O–H groups in total. The van der Waals surface area contributed by atoms with Crippen LogP contribution < -0.4 is 5.32 Å². The number of ether oxygens (including phenoxy) is 1. The number of ketones is 2. The van der Waals surface area contributed by atoms with Gasteiger partial charge in [-0.1, -0.05) is 48.0 Å². The molecule has 1 saturated carbocycles. The van der Waals surface area contributed by atoms with Crippen molar-refractivity contribution in [1.82, 2.24) is 10.2 Å². The molecule has 35 heavy (non-hydrogen) atoms. The summed E-state index contributed by atoms with van der Waals surface area (Å²) in [7, 11) is 3.40. The molecule has 0 bridgehead atoms. The molecule has 0 saturated heterocycles. The molecule has 4 rings (SSSR count). The fraction of sp³-hybridized carbons (Fsp3) is 0.370. The average molecular weight is 517 g/mol. The SMILES string of the molecule is CNCCN(C)C(=O)OC1=C(C2CCC(c3ccc(Cl)cc3)CC2)C(=O)c2ccccc2C1=O.Cl. The van der Waals surface area contributed by atoms with Crippen molar-refractivity contribution >= 4 is 41.7 Å². The molecule has 2 aliphatic carbocycles. The Morgan fingerprint density at radius 1 is 0.971 bits per heavy atom. The maximum atomic E-state index is 13.5. The summed E-state index contributed by atoms with van der Waals surface area (Å²) in [5.74, 6) is -0.501. The quantitative estimate of drug-likeness (QED) is 0.536. The van der Waals surface area contributed by atoms with Crippen LogP contribution in [0.15, 0.2) is 59.9 Å². The van der Waals surface area contributed by atoms with Crippen molar-refractivity contribution in [2.45, 2.75) is 31.6 Å². The summed E-state index contributed by atoms with van der Waals surface area (Å²) < 4.78 is 5.63. The van der Waals surface area contributed by atoms with Gasteiger partial charge in [0.25, 0.3) is 0 Å². The first-order valence-electron chi connectivity index (χ1n) is 11.7. The number of nitrogens with one attached hydrogen (secondary N) is 1. The second kappa shape index (κ2) is 11.8. The van der Waals surface area contributed by atoms with E-state index in [9.17, 15) is 14.4 Å². The number of benzene rings is 2. The predicted molar refractivity (Wildman–Crippen MR) is 139 cm³/mol. The van der Waals surface area contributed by atoms with E-state index >= 15 is 0 Å². The van der Waals surface area contributed by atoms with Gasteiger partial charge in [0, 0.05) is 36.3 Å². The molecule has 186 valence electrons. The smallest absolute Gasteiger partial charge is 0.406 e. The Morgan fingerprint density at radius 2 is 1.54 bits per heavy atom. The first-order valence-corrected chi connectivity index (χ1v) is 12.0. The number of hydrogen-bond acceptors (Lipinski definition) is 5. The minimum atomic E-state index is -0.641. The van der Waals surface area contributed by atoms with Crippen LogP contribution in [-0.2, 0) is 4.74 Å². The number of hydrogen-bond donors (Lipinski definition) is 1. The number of allylic oxidation sites excluding steroid dienone is 2. The third-order valence-corrected chi connectivity index (χ3v) is 7.04. The average Bonchev–Trinajstić information content (AvgIpc) is 2.86. The van der Waals surface area contributed by atoms with Crippen LogP contribution in [0.3, 0.4) is 0 Å². The van der Waals surface area contributed by atoms with E-state index in [1.165, 1.54) is 10.5 Å². The van der Waals surface area contributed by atoms with E-state index in [-0.39, 0.29) is 35.4 Å². The van der Waals surface area contributed by atoms with Crippen LogP contribution in [0, 0.1) is 5.92 Å². The van der Waals surface area contributed by atoms with Crippen molar-refractivity contribution in [3.63, 3.8) is 0 Å². The van der Waals surface area contributed by atoms with Crippen LogP contribution in [0.2, 0.25) is 5.02 Å². The Labute approximate surface area is 217 Å². The van der Waals surface area contributed by atoms with Gasteiger partial charge >= 0.3 is 6.09 Å². The van der Waals surface area contributed by atoms with Crippen molar-refractivity contribution in [3.05, 3.63) is 81.6 Å². The van der Waals surface area contributed by atoms with E-state index in [2.05, 4.69) is 5.32 Å². The summed E-state index contributed by atoms with van der Waals surface area (Å²) in [6.07, 6.45) is 2.59. The molecule has 0 radical (unpaired) electrons. The van der Waals surface area contributed by atoms with Crippen LogP contribution in [0.5, 0.6) is 0 Å². The Morgan fingerprint density at radius 3 is 2.14 bits per heavy atom. The summed E-state index contributed by atoms with van der Waals surface area (Å²) in [5, 5.41) is 3.68. The topological polar surface area (TPSA) is 75.7 Å². The molecule has 6 nitrogen and oxygen atoms in total. The maximum absolute atomic E-state index is 13.5. The highest BCUT2D eigenvalue weighted by Crippen LogP contribution is 2.42. The number of rotatable bonds is 6. The number of fused-ring (bicyclic) bond motifs is 1. The fourth-order valence-corrected chi connectivity index (χ4v) is 4.96. The maximum Gasteiger partial charge on any atom is 0.415 e. The van der Waals surface area contributed by atoms with Crippen LogP contribution in [0.4, 0.5) is 4.79 Å². The molecule has 1 fully saturated rings. The van der Waals surface area contributed by atoms with Gasteiger partial charge in [-0.25, -0.2) is 4.79 Å². The molecule has 1 amide bonds. The summed E-state index contributed by atoms with van der Waals surface area (Å²) in [4.78, 5) is 41.1. The molecule has 2 aliphatic rings. The van der Waals surface area contributed by atoms with E-state index < -0.39 is 11.9 Å². The van der Waals surface area contributed by atoms with Crippen LogP contribution in [0.25, 0.3) is 0 Å². The highest BCUT2D eigenvalue weighted by molar-refractivity contribution is 6.30. The fourth-order valence-electron chi connectivity index (χ4n) is 4.83. The van der Waals surface area contributed by atoms with E-state index in [1.807, 2.05) is 24.3 Å². The van der Waals surface area contributed by atoms with Gasteiger partial charge in [0.1, 0.15) is 0 Å². The molecule has 8 heteroatoms. The lowest BCUT2D eigenvalue weighted by Gasteiger charge is -2.32. The minimum absolute atomic E-state index is 0. The van der Waals surface area contributed by atoms with Crippen molar-refractivity contribution in [2.24, 2.45) is 5.92 Å². The number of nitrogens with zero attached hydrogens (tertiary/aromatic N) is 1. The molecule has 2 aromatic rings. The Hall–Kier alpha value is -2.67. The van der Waals surface area contributed by atoms with Gasteiger partial charge < -0.3 is 15.0 Å². The van der Waals surface area contributed by atoms with Crippen molar-refractivity contribution in [2.75, 3.05) is 27.2 Å². The van der Waals surface area contributed by atoms with Gasteiger partial charge in [-0.05, 0) is 62.3 Å². The van der Waals surface area contributed by atoms with Gasteiger partial charge in [-0.2, -0.15) is 0 Å². The molecule has 2 aromatic carbocycles. The normalized spacial score (nSPS) is 19.6. The predicted octanol–water partition coefficient (Wildman–Crippen LogP) is 5.66. The van der Waals surface area contributed by atoms with Crippen LogP contribution in [0.1, 0.15) is 57.9 Å². The lowest BCUT2D eigenvalue weighted by molar-refractivity contribution is 0.0857. The van der Waals surface area contributed by atoms with E-state index in [1.54, 1.807) is 38.4 Å². The zero-order valence-electron chi connectivity index (χ0n) is 19.9. The van der Waals surface area contributed by atoms with Gasteiger partial charge in [0.15, 0.2) is 11.5 Å². The third-order valence-electron chi connectivity index (χ3n) is 6.79. The van der Waals surface area contributed by atoms with Crippen molar-refractivity contribution in [1.29, 1.82) is 0 Å². The summed E-state index contributed by atoms with van der Waals surface area (Å²) in [6.45, 7) is 1.00. The lowest BCUT2D eigenvalue weighted by atomic mass is 9.72. The highest BCUT2D eigenvalue weighted by Gasteiger charge is 2.40. The van der Waals surface area contributed by atoms with Crippen LogP contribution in [-0.4, -0.2) is 49.7 Å². The summed E-state index contributed by atoms with van der Waals surface area (Å²) in [5.41, 5.74) is 2.23. The van der Waals surface area contributed by atoms with Gasteiger partial charge in [-0.15, -0.1) is 12.4 Å². The van der Waals surface area contributed by atoms with Crippen LogP contribution >= 0.6 is 24.0 Å². The molecule has 0 unspecified atom stereocenters. The molecule has 0 aromatic heterocycles. The van der Waals surface area contributed by atoms with Gasteiger partial charge in [-0.3, -0.25) is 9.59 Å². The molecular formula is C27H30Cl2N2O4. The number of amides is 1. The first kappa shape index (κ1) is 26.9. The van der Waals surface area contributed by atoms with E-state index in [0.29, 0.717) is 35.2 Å². The van der Waals surface area contributed by atoms with Crippen molar-refractivity contribution in [3.8, 4) is 0 Å². The Bertz CT molecular complexity index is 1120. The number of carbonyl (C=O) groups is 3. The highest BCUT2D eigenvalue weighted by atomic mass is 35.5. The number of halogens is 2. The van der Waals surface area contributed by atoms with Gasteiger partial charge in [0.2, 0.25) is 5.78 Å². The lowest BCUT2D eigenvalue weighted by Crippen LogP contribution is -2.36. The van der Waals surface area contributed by atoms with E-state index in [4.69, 9.17) is 16.3 Å². The third kappa shape index (κ3) is 5.77. The number of Topliss-reactive ketones (excluding diaryl/α,β-unsaturated/α-hetero) is 2. The molecule has 0 spiro atoms. The monoisotopic (exact) mass is 516 g/mol. The number of carbonyl (C=O) groups excluding carboxylic acids is 3. The molecular weight excluding hydrogens is 487 g/mol. The largest absolute Gasteiger partial charge is 0.415 e. The molecule has 0 atom stereocenters. The second-order valence-electron chi connectivity index (χ2n) is 8.94. The Balaban J connectivity index is 0.00000342. The first-order chi connectivity index (χ1) is 16.4. The minimum Gasteiger partial charge on any atom is -0.406 e. The van der Waals surface area contributed by atoms with Gasteiger partial charge in [0.05, 0.1) is 5.57 Å². The zero-order chi connectivity index (χ0) is 24.2. The second-order valence-corrected chi connectivity index (χ2v) is 9.38.